The highest BCUT2D eigenvalue weighted by molar-refractivity contribution is 8.26. The zero-order valence-electron chi connectivity index (χ0n) is 17.0. The lowest BCUT2D eigenvalue weighted by Gasteiger charge is -2.18. The minimum Gasteiger partial charge on any atom is -0.438 e. The van der Waals surface area contributed by atoms with Crippen LogP contribution in [0.2, 0.25) is 0 Å². The zero-order valence-corrected chi connectivity index (χ0v) is 18.6. The Bertz CT molecular complexity index is 1300. The Labute approximate surface area is 187 Å². The number of nitrogens with zero attached hydrogens (tertiary/aromatic N) is 3. The number of hydrogen-bond donors (Lipinski definition) is 0. The van der Waals surface area contributed by atoms with Crippen molar-refractivity contribution in [3.8, 4) is 11.6 Å². The first-order valence-corrected chi connectivity index (χ1v) is 10.7. The third-order valence-electron chi connectivity index (χ3n) is 4.69. The molecule has 31 heavy (non-hydrogen) atoms. The molecule has 9 heteroatoms. The quantitative estimate of drug-likeness (QED) is 0.425. The molecule has 1 saturated heterocycles. The van der Waals surface area contributed by atoms with Crippen LogP contribution in [0.3, 0.4) is 0 Å². The molecule has 0 spiro atoms. The number of thiocarbonyl (C=S) groups is 1. The first-order valence-electron chi connectivity index (χ1n) is 9.48. The second kappa shape index (κ2) is 8.24. The van der Waals surface area contributed by atoms with Gasteiger partial charge < -0.3 is 4.74 Å². The van der Waals surface area contributed by atoms with Gasteiger partial charge in [-0.3, -0.25) is 18.9 Å². The molecule has 0 N–H and O–H groups in total. The number of fused-ring (bicyclic) bond motifs is 1. The molecule has 0 bridgehead atoms. The van der Waals surface area contributed by atoms with Crippen LogP contribution in [0.25, 0.3) is 11.7 Å². The largest absolute Gasteiger partial charge is 0.438 e. The van der Waals surface area contributed by atoms with Crippen LogP contribution in [0.5, 0.6) is 11.6 Å². The maximum atomic E-state index is 13.3. The Balaban J connectivity index is 1.90. The van der Waals surface area contributed by atoms with Gasteiger partial charge in [0.2, 0.25) is 5.88 Å². The van der Waals surface area contributed by atoms with Crippen LogP contribution in [0.1, 0.15) is 25.0 Å². The fraction of sp³-hybridized carbons (Fsp3) is 0.182. The van der Waals surface area contributed by atoms with E-state index in [0.717, 1.165) is 17.3 Å². The molecule has 1 amide bonds. The van der Waals surface area contributed by atoms with Crippen molar-refractivity contribution in [2.24, 2.45) is 0 Å². The summed E-state index contributed by atoms with van der Waals surface area (Å²) < 4.78 is 21.0. The monoisotopic (exact) mass is 455 g/mol. The molecule has 3 aromatic rings. The van der Waals surface area contributed by atoms with Crippen LogP contribution in [0.15, 0.2) is 52.3 Å². The van der Waals surface area contributed by atoms with Crippen LogP contribution in [0, 0.1) is 12.7 Å². The van der Waals surface area contributed by atoms with Crippen molar-refractivity contribution in [3.05, 3.63) is 74.8 Å². The average molecular weight is 456 g/mol. The second-order valence-electron chi connectivity index (χ2n) is 7.22. The molecule has 3 heterocycles. The standard InChI is InChI=1S/C22H18FN3O3S2/c1-12(2)26-21(28)17(31-22(26)30)11-16-19(29-15-8-6-14(23)7-9-15)24-18-13(3)5-4-10-25(18)20(16)27/h4-12H,1-3H3/b17-11-. The number of thioether (sulfide) groups is 1. The molecular formula is C22H18FN3O3S2. The number of ether oxygens (including phenoxy) is 1. The summed E-state index contributed by atoms with van der Waals surface area (Å²) in [5.41, 5.74) is 0.926. The van der Waals surface area contributed by atoms with Gasteiger partial charge in [-0.25, -0.2) is 4.39 Å². The van der Waals surface area contributed by atoms with Gasteiger partial charge in [0.25, 0.3) is 11.5 Å². The van der Waals surface area contributed by atoms with Gasteiger partial charge in [-0.05, 0) is 62.7 Å². The van der Waals surface area contributed by atoms with Crippen molar-refractivity contribution < 1.29 is 13.9 Å². The lowest BCUT2D eigenvalue weighted by molar-refractivity contribution is -0.123. The van der Waals surface area contributed by atoms with E-state index in [9.17, 15) is 14.0 Å². The summed E-state index contributed by atoms with van der Waals surface area (Å²) in [7, 11) is 0. The van der Waals surface area contributed by atoms with Crippen molar-refractivity contribution in [1.82, 2.24) is 14.3 Å². The molecule has 0 radical (unpaired) electrons. The first-order chi connectivity index (χ1) is 14.8. The smallest absolute Gasteiger partial charge is 0.269 e. The minimum absolute atomic E-state index is 0.0284. The number of carbonyl (C=O) groups excluding carboxylic acids is 1. The van der Waals surface area contributed by atoms with Gasteiger partial charge in [0.1, 0.15) is 27.1 Å². The highest BCUT2D eigenvalue weighted by atomic mass is 32.2. The molecule has 0 unspecified atom stereocenters. The molecule has 2 aromatic heterocycles. The summed E-state index contributed by atoms with van der Waals surface area (Å²) in [4.78, 5) is 32.5. The number of benzene rings is 1. The molecular weight excluding hydrogens is 437 g/mol. The maximum Gasteiger partial charge on any atom is 0.269 e. The van der Waals surface area contributed by atoms with Crippen molar-refractivity contribution in [1.29, 1.82) is 0 Å². The number of amides is 1. The highest BCUT2D eigenvalue weighted by Gasteiger charge is 2.34. The van der Waals surface area contributed by atoms with E-state index in [1.165, 1.54) is 39.6 Å². The molecule has 1 aliphatic rings. The normalized spacial score (nSPS) is 15.5. The fourth-order valence-electron chi connectivity index (χ4n) is 3.16. The van der Waals surface area contributed by atoms with Crippen molar-refractivity contribution in [2.45, 2.75) is 26.8 Å². The molecule has 0 aliphatic carbocycles. The number of carbonyl (C=O) groups is 1. The van der Waals surface area contributed by atoms with Crippen LogP contribution < -0.4 is 10.3 Å². The van der Waals surface area contributed by atoms with E-state index >= 15 is 0 Å². The zero-order chi connectivity index (χ0) is 22.3. The van der Waals surface area contributed by atoms with Crippen molar-refractivity contribution in [3.63, 3.8) is 0 Å². The van der Waals surface area contributed by atoms with Crippen molar-refractivity contribution >= 4 is 45.9 Å². The molecule has 158 valence electrons. The Kier molecular flexibility index (Phi) is 5.63. The maximum absolute atomic E-state index is 13.3. The van der Waals surface area contributed by atoms with E-state index in [-0.39, 0.29) is 29.0 Å². The summed E-state index contributed by atoms with van der Waals surface area (Å²) in [6, 6.07) is 8.86. The topological polar surface area (TPSA) is 63.9 Å². The van der Waals surface area contributed by atoms with Crippen LogP contribution in [0.4, 0.5) is 4.39 Å². The molecule has 6 nitrogen and oxygen atoms in total. The SMILES string of the molecule is Cc1cccn2c(=O)c(/C=C3\SC(=S)N(C(C)C)C3=O)c(Oc3ccc(F)cc3)nc12. The Hall–Kier alpha value is -3.04. The number of pyridine rings is 1. The summed E-state index contributed by atoms with van der Waals surface area (Å²) in [6.45, 7) is 5.56. The number of hydrogen-bond acceptors (Lipinski definition) is 6. The summed E-state index contributed by atoms with van der Waals surface area (Å²) in [5.74, 6) is -0.338. The average Bonchev–Trinajstić information content (AvgIpc) is 3.00. The summed E-state index contributed by atoms with van der Waals surface area (Å²) in [6.07, 6.45) is 3.07. The lowest BCUT2D eigenvalue weighted by Crippen LogP contribution is -2.34. The van der Waals surface area contributed by atoms with Gasteiger partial charge in [-0.15, -0.1) is 0 Å². The van der Waals surface area contributed by atoms with E-state index in [1.807, 2.05) is 26.8 Å². The molecule has 1 aromatic carbocycles. The molecule has 0 saturated carbocycles. The highest BCUT2D eigenvalue weighted by Crippen LogP contribution is 2.35. The third kappa shape index (κ3) is 3.98. The van der Waals surface area contributed by atoms with Crippen LogP contribution in [-0.4, -0.2) is 30.6 Å². The molecule has 1 aliphatic heterocycles. The third-order valence-corrected chi connectivity index (χ3v) is 6.02. The van der Waals surface area contributed by atoms with Gasteiger partial charge in [-0.2, -0.15) is 4.98 Å². The molecule has 1 fully saturated rings. The van der Waals surface area contributed by atoms with Crippen LogP contribution >= 0.6 is 24.0 Å². The minimum atomic E-state index is -0.410. The predicted octanol–water partition coefficient (Wildman–Crippen LogP) is 4.54. The van der Waals surface area contributed by atoms with E-state index < -0.39 is 5.82 Å². The van der Waals surface area contributed by atoms with Gasteiger partial charge in [0, 0.05) is 12.2 Å². The Morgan fingerprint density at radius 2 is 1.90 bits per heavy atom. The molecule has 0 atom stereocenters. The van der Waals surface area contributed by atoms with Gasteiger partial charge in [0.15, 0.2) is 0 Å². The van der Waals surface area contributed by atoms with E-state index in [4.69, 9.17) is 17.0 Å². The fourth-order valence-corrected chi connectivity index (χ4v) is 4.67. The second-order valence-corrected chi connectivity index (χ2v) is 8.90. The first kappa shape index (κ1) is 21.2. The van der Waals surface area contributed by atoms with Gasteiger partial charge in [0.05, 0.1) is 4.91 Å². The Morgan fingerprint density at radius 1 is 1.19 bits per heavy atom. The number of rotatable bonds is 4. The van der Waals surface area contributed by atoms with Gasteiger partial charge >= 0.3 is 0 Å². The van der Waals surface area contributed by atoms with Crippen molar-refractivity contribution in [2.75, 3.05) is 0 Å². The van der Waals surface area contributed by atoms with E-state index in [2.05, 4.69) is 4.98 Å². The summed E-state index contributed by atoms with van der Waals surface area (Å²) in [5, 5.41) is 0. The number of halogens is 1. The Morgan fingerprint density at radius 3 is 2.55 bits per heavy atom. The lowest BCUT2D eigenvalue weighted by atomic mass is 10.2. The van der Waals surface area contributed by atoms with E-state index in [0.29, 0.717) is 20.6 Å². The number of aryl methyl sites for hydroxylation is 1. The van der Waals surface area contributed by atoms with Gasteiger partial charge in [-0.1, -0.05) is 30.0 Å². The van der Waals surface area contributed by atoms with Crippen LogP contribution in [-0.2, 0) is 4.79 Å². The predicted molar refractivity (Wildman–Crippen MR) is 123 cm³/mol. The molecule has 4 rings (SSSR count). The summed E-state index contributed by atoms with van der Waals surface area (Å²) >= 11 is 6.45. The number of aromatic nitrogens is 2. The van der Waals surface area contributed by atoms with E-state index in [1.54, 1.807) is 12.3 Å².